The summed E-state index contributed by atoms with van der Waals surface area (Å²) in [6.07, 6.45) is 5.73. The summed E-state index contributed by atoms with van der Waals surface area (Å²) in [6, 6.07) is 15.3. The zero-order chi connectivity index (χ0) is 23.9. The molecule has 0 aliphatic carbocycles. The smallest absolute Gasteiger partial charge is 0.297 e. The molecule has 0 radical (unpaired) electrons. The lowest BCUT2D eigenvalue weighted by Gasteiger charge is -2.37. The SMILES string of the molecule is CCCC(=O)N1CCN(c2cnn(-c3ccccc3)c(=O)c2N(C)CCc2ccccn2)CC1. The van der Waals surface area contributed by atoms with Gasteiger partial charge in [-0.2, -0.15) is 9.78 Å². The quantitative estimate of drug-likeness (QED) is 0.515. The molecular formula is C26H32N6O2. The number of nitrogens with zero attached hydrogens (tertiary/aromatic N) is 6. The highest BCUT2D eigenvalue weighted by molar-refractivity contribution is 5.77. The number of aromatic nitrogens is 3. The van der Waals surface area contributed by atoms with Crippen molar-refractivity contribution in [3.63, 3.8) is 0 Å². The number of piperazine rings is 1. The van der Waals surface area contributed by atoms with Gasteiger partial charge in [0.15, 0.2) is 0 Å². The lowest BCUT2D eigenvalue weighted by Crippen LogP contribution is -2.49. The highest BCUT2D eigenvalue weighted by atomic mass is 16.2. The molecule has 178 valence electrons. The van der Waals surface area contributed by atoms with E-state index in [9.17, 15) is 9.59 Å². The number of amides is 1. The maximum absolute atomic E-state index is 13.7. The Morgan fingerprint density at radius 2 is 1.76 bits per heavy atom. The molecule has 1 aliphatic heterocycles. The van der Waals surface area contributed by atoms with Crippen LogP contribution in [0.1, 0.15) is 25.5 Å². The molecule has 8 nitrogen and oxygen atoms in total. The van der Waals surface area contributed by atoms with Gasteiger partial charge >= 0.3 is 0 Å². The Bertz CT molecular complexity index is 1140. The van der Waals surface area contributed by atoms with Crippen LogP contribution in [-0.2, 0) is 11.2 Å². The monoisotopic (exact) mass is 460 g/mol. The van der Waals surface area contributed by atoms with E-state index in [1.165, 1.54) is 4.68 Å². The van der Waals surface area contributed by atoms with Crippen molar-refractivity contribution in [2.45, 2.75) is 26.2 Å². The molecule has 1 amide bonds. The van der Waals surface area contributed by atoms with Gasteiger partial charge in [-0.1, -0.05) is 31.2 Å². The number of pyridine rings is 1. The van der Waals surface area contributed by atoms with Crippen LogP contribution < -0.4 is 15.4 Å². The van der Waals surface area contributed by atoms with Crippen LogP contribution in [0.25, 0.3) is 5.69 Å². The Morgan fingerprint density at radius 3 is 2.44 bits per heavy atom. The van der Waals surface area contributed by atoms with Gasteiger partial charge in [-0.25, -0.2) is 0 Å². The summed E-state index contributed by atoms with van der Waals surface area (Å²) in [5, 5.41) is 4.51. The topological polar surface area (TPSA) is 74.6 Å². The van der Waals surface area contributed by atoms with E-state index in [1.807, 2.05) is 72.3 Å². The van der Waals surface area contributed by atoms with Gasteiger partial charge in [-0.05, 0) is 30.7 Å². The van der Waals surface area contributed by atoms with Crippen molar-refractivity contribution in [3.8, 4) is 5.69 Å². The Kier molecular flexibility index (Phi) is 7.57. The number of carbonyl (C=O) groups is 1. The zero-order valence-electron chi connectivity index (χ0n) is 19.9. The van der Waals surface area contributed by atoms with Crippen molar-refractivity contribution in [1.82, 2.24) is 19.7 Å². The van der Waals surface area contributed by atoms with E-state index in [1.54, 1.807) is 12.4 Å². The van der Waals surface area contributed by atoms with Crippen molar-refractivity contribution in [1.29, 1.82) is 0 Å². The van der Waals surface area contributed by atoms with Gasteiger partial charge in [0, 0.05) is 64.5 Å². The second-order valence-corrected chi connectivity index (χ2v) is 8.54. The molecule has 1 saturated heterocycles. The molecule has 0 N–H and O–H groups in total. The van der Waals surface area contributed by atoms with Gasteiger partial charge in [-0.15, -0.1) is 0 Å². The van der Waals surface area contributed by atoms with Crippen molar-refractivity contribution >= 4 is 17.3 Å². The van der Waals surface area contributed by atoms with E-state index in [2.05, 4.69) is 15.0 Å². The molecule has 0 spiro atoms. The van der Waals surface area contributed by atoms with Crippen LogP contribution in [-0.4, -0.2) is 65.3 Å². The third-order valence-corrected chi connectivity index (χ3v) is 6.18. The number of hydrogen-bond donors (Lipinski definition) is 0. The molecule has 0 atom stereocenters. The van der Waals surface area contributed by atoms with E-state index in [0.29, 0.717) is 44.8 Å². The summed E-state index contributed by atoms with van der Waals surface area (Å²) in [6.45, 7) is 5.32. The summed E-state index contributed by atoms with van der Waals surface area (Å²) in [5.41, 5.74) is 2.98. The predicted octanol–water partition coefficient (Wildman–Crippen LogP) is 2.76. The number of carbonyl (C=O) groups excluding carboxylic acids is 1. The fourth-order valence-corrected chi connectivity index (χ4v) is 4.29. The molecule has 0 unspecified atom stereocenters. The molecule has 3 heterocycles. The minimum absolute atomic E-state index is 0.156. The highest BCUT2D eigenvalue weighted by Crippen LogP contribution is 2.26. The van der Waals surface area contributed by atoms with Crippen LogP contribution in [0.2, 0.25) is 0 Å². The van der Waals surface area contributed by atoms with Gasteiger partial charge in [0.2, 0.25) is 5.91 Å². The zero-order valence-corrected chi connectivity index (χ0v) is 19.9. The summed E-state index contributed by atoms with van der Waals surface area (Å²) in [4.78, 5) is 36.5. The summed E-state index contributed by atoms with van der Waals surface area (Å²) in [5.74, 6) is 0.201. The highest BCUT2D eigenvalue weighted by Gasteiger charge is 2.26. The minimum atomic E-state index is -0.156. The van der Waals surface area contributed by atoms with E-state index >= 15 is 0 Å². The Morgan fingerprint density at radius 1 is 1.03 bits per heavy atom. The number of rotatable bonds is 8. The third-order valence-electron chi connectivity index (χ3n) is 6.18. The van der Waals surface area contributed by atoms with Crippen molar-refractivity contribution in [3.05, 3.63) is 77.0 Å². The molecule has 2 aromatic heterocycles. The maximum Gasteiger partial charge on any atom is 0.297 e. The molecule has 8 heteroatoms. The van der Waals surface area contributed by atoms with E-state index < -0.39 is 0 Å². The van der Waals surface area contributed by atoms with Crippen LogP contribution in [0.3, 0.4) is 0 Å². The number of anilines is 2. The Labute approximate surface area is 200 Å². The fraction of sp³-hybridized carbons (Fsp3) is 0.385. The first-order valence-electron chi connectivity index (χ1n) is 11.9. The first-order chi connectivity index (χ1) is 16.6. The number of benzene rings is 1. The van der Waals surface area contributed by atoms with Crippen molar-refractivity contribution in [2.75, 3.05) is 49.6 Å². The molecular weight excluding hydrogens is 428 g/mol. The van der Waals surface area contributed by atoms with E-state index in [0.717, 1.165) is 29.9 Å². The Hall–Kier alpha value is -3.68. The van der Waals surface area contributed by atoms with Gasteiger partial charge < -0.3 is 14.7 Å². The van der Waals surface area contributed by atoms with Crippen molar-refractivity contribution < 1.29 is 4.79 Å². The molecule has 0 saturated carbocycles. The minimum Gasteiger partial charge on any atom is -0.368 e. The van der Waals surface area contributed by atoms with Crippen LogP contribution in [0, 0.1) is 0 Å². The second-order valence-electron chi connectivity index (χ2n) is 8.54. The van der Waals surface area contributed by atoms with Crippen LogP contribution in [0.5, 0.6) is 0 Å². The van der Waals surface area contributed by atoms with Gasteiger partial charge in [-0.3, -0.25) is 14.6 Å². The Balaban J connectivity index is 1.62. The molecule has 34 heavy (non-hydrogen) atoms. The largest absolute Gasteiger partial charge is 0.368 e. The molecule has 3 aromatic rings. The summed E-state index contributed by atoms with van der Waals surface area (Å²) < 4.78 is 1.46. The standard InChI is InChI=1S/C26H32N6O2/c1-3-9-24(33)31-18-16-30(17-19-31)23-20-28-32(22-11-5-4-6-12-22)26(34)25(23)29(2)15-13-21-10-7-8-14-27-21/h4-8,10-12,14,20H,3,9,13,15-19H2,1-2H3. The van der Waals surface area contributed by atoms with Crippen molar-refractivity contribution in [2.24, 2.45) is 0 Å². The molecule has 1 aromatic carbocycles. The van der Waals surface area contributed by atoms with E-state index in [4.69, 9.17) is 0 Å². The molecule has 4 rings (SSSR count). The van der Waals surface area contributed by atoms with Crippen LogP contribution >= 0.6 is 0 Å². The first-order valence-corrected chi connectivity index (χ1v) is 11.9. The van der Waals surface area contributed by atoms with Crippen LogP contribution in [0.15, 0.2) is 65.7 Å². The average Bonchev–Trinajstić information content (AvgIpc) is 2.88. The lowest BCUT2D eigenvalue weighted by atomic mass is 10.2. The normalized spacial score (nSPS) is 13.7. The summed E-state index contributed by atoms with van der Waals surface area (Å²) >= 11 is 0. The fourth-order valence-electron chi connectivity index (χ4n) is 4.29. The van der Waals surface area contributed by atoms with Crippen LogP contribution in [0.4, 0.5) is 11.4 Å². The average molecular weight is 461 g/mol. The summed E-state index contributed by atoms with van der Waals surface area (Å²) in [7, 11) is 1.94. The first kappa shape index (κ1) is 23.5. The molecule has 0 bridgehead atoms. The second kappa shape index (κ2) is 11.0. The lowest BCUT2D eigenvalue weighted by molar-refractivity contribution is -0.131. The number of hydrogen-bond acceptors (Lipinski definition) is 6. The van der Waals surface area contributed by atoms with Gasteiger partial charge in [0.25, 0.3) is 5.56 Å². The maximum atomic E-state index is 13.7. The van der Waals surface area contributed by atoms with Gasteiger partial charge in [0.05, 0.1) is 17.6 Å². The molecule has 1 aliphatic rings. The number of para-hydroxylation sites is 1. The number of likely N-dealkylation sites (N-methyl/N-ethyl adjacent to an activating group) is 1. The third kappa shape index (κ3) is 5.27. The van der Waals surface area contributed by atoms with Gasteiger partial charge in [0.1, 0.15) is 5.69 Å². The predicted molar refractivity (Wildman–Crippen MR) is 135 cm³/mol. The van der Waals surface area contributed by atoms with E-state index in [-0.39, 0.29) is 11.5 Å². The molecule has 1 fully saturated rings.